The predicted molar refractivity (Wildman–Crippen MR) is 82.4 cm³/mol. The van der Waals surface area contributed by atoms with E-state index in [1.807, 2.05) is 30.3 Å². The van der Waals surface area contributed by atoms with Crippen LogP contribution in [0.1, 0.15) is 37.2 Å². The van der Waals surface area contributed by atoms with E-state index in [0.717, 1.165) is 37.8 Å². The zero-order valence-electron chi connectivity index (χ0n) is 12.4. The summed E-state index contributed by atoms with van der Waals surface area (Å²) in [6.45, 7) is 1.93. The molecule has 0 radical (unpaired) electrons. The molecular weight excluding hydrogens is 266 g/mol. The molecule has 0 saturated carbocycles. The van der Waals surface area contributed by atoms with E-state index in [4.69, 9.17) is 10.9 Å². The van der Waals surface area contributed by atoms with Crippen LogP contribution in [0.4, 0.5) is 0 Å². The van der Waals surface area contributed by atoms with Gasteiger partial charge in [0.2, 0.25) is 5.91 Å². The lowest BCUT2D eigenvalue weighted by atomic mass is 9.97. The standard InChI is InChI=1S/C16H25N3O2/c17-18-16(21)15(13-6-2-1-3-7-13)12-19-10-4-8-14(19)9-5-11-20/h1-3,6-7,14-15,20H,4-5,8-12,17H2,(H,18,21). The van der Waals surface area contributed by atoms with Gasteiger partial charge in [-0.3, -0.25) is 15.1 Å². The second-order valence-corrected chi connectivity index (χ2v) is 5.63. The van der Waals surface area contributed by atoms with E-state index in [-0.39, 0.29) is 18.4 Å². The van der Waals surface area contributed by atoms with Crippen molar-refractivity contribution < 1.29 is 9.90 Å². The number of nitrogens with zero attached hydrogens (tertiary/aromatic N) is 1. The second kappa shape index (κ2) is 8.12. The van der Waals surface area contributed by atoms with Gasteiger partial charge in [-0.1, -0.05) is 30.3 Å². The number of benzene rings is 1. The number of nitrogens with one attached hydrogen (secondary N) is 1. The van der Waals surface area contributed by atoms with Gasteiger partial charge in [0.05, 0.1) is 5.92 Å². The maximum absolute atomic E-state index is 12.1. The summed E-state index contributed by atoms with van der Waals surface area (Å²) in [5, 5.41) is 9.00. The lowest BCUT2D eigenvalue weighted by Gasteiger charge is -2.28. The third-order valence-corrected chi connectivity index (χ3v) is 4.27. The van der Waals surface area contributed by atoms with Gasteiger partial charge in [0.15, 0.2) is 0 Å². The molecule has 5 heteroatoms. The van der Waals surface area contributed by atoms with Crippen LogP contribution < -0.4 is 11.3 Å². The van der Waals surface area contributed by atoms with Crippen LogP contribution in [0, 0.1) is 0 Å². The first-order valence-electron chi connectivity index (χ1n) is 7.66. The Morgan fingerprint density at radius 1 is 1.43 bits per heavy atom. The molecule has 1 saturated heterocycles. The first-order chi connectivity index (χ1) is 10.3. The molecule has 2 unspecified atom stereocenters. The van der Waals surface area contributed by atoms with Gasteiger partial charge in [0, 0.05) is 19.2 Å². The molecule has 0 bridgehead atoms. The summed E-state index contributed by atoms with van der Waals surface area (Å²) in [5.41, 5.74) is 3.28. The summed E-state index contributed by atoms with van der Waals surface area (Å²) in [6.07, 6.45) is 4.11. The smallest absolute Gasteiger partial charge is 0.242 e. The van der Waals surface area contributed by atoms with Crippen molar-refractivity contribution >= 4 is 5.91 Å². The molecule has 0 aromatic heterocycles. The number of hydrogen-bond acceptors (Lipinski definition) is 4. The minimum atomic E-state index is -0.245. The van der Waals surface area contributed by atoms with Gasteiger partial charge in [0.1, 0.15) is 0 Å². The van der Waals surface area contributed by atoms with Crippen molar-refractivity contribution in [1.29, 1.82) is 0 Å². The van der Waals surface area contributed by atoms with Gasteiger partial charge in [-0.25, -0.2) is 5.84 Å². The minimum Gasteiger partial charge on any atom is -0.396 e. The second-order valence-electron chi connectivity index (χ2n) is 5.63. The van der Waals surface area contributed by atoms with Crippen molar-refractivity contribution in [3.63, 3.8) is 0 Å². The molecule has 21 heavy (non-hydrogen) atoms. The summed E-state index contributed by atoms with van der Waals surface area (Å²) < 4.78 is 0. The van der Waals surface area contributed by atoms with Crippen LogP contribution in [0.5, 0.6) is 0 Å². The number of hydrazine groups is 1. The van der Waals surface area contributed by atoms with Crippen molar-refractivity contribution in [2.24, 2.45) is 5.84 Å². The van der Waals surface area contributed by atoms with Gasteiger partial charge in [0.25, 0.3) is 0 Å². The summed E-state index contributed by atoms with van der Waals surface area (Å²) in [7, 11) is 0. The number of nitrogens with two attached hydrogens (primary N) is 1. The van der Waals surface area contributed by atoms with Crippen LogP contribution >= 0.6 is 0 Å². The van der Waals surface area contributed by atoms with Crippen molar-refractivity contribution in [2.45, 2.75) is 37.6 Å². The fourth-order valence-electron chi connectivity index (χ4n) is 3.15. The molecule has 2 rings (SSSR count). The first kappa shape index (κ1) is 15.9. The Hall–Kier alpha value is -1.43. The van der Waals surface area contributed by atoms with Gasteiger partial charge >= 0.3 is 0 Å². The maximum atomic E-state index is 12.1. The molecule has 1 fully saturated rings. The van der Waals surface area contributed by atoms with E-state index in [1.54, 1.807) is 0 Å². The van der Waals surface area contributed by atoms with Crippen molar-refractivity contribution in [2.75, 3.05) is 19.7 Å². The molecule has 1 aromatic carbocycles. The van der Waals surface area contributed by atoms with E-state index in [0.29, 0.717) is 12.6 Å². The monoisotopic (exact) mass is 291 g/mol. The summed E-state index contributed by atoms with van der Waals surface area (Å²) in [5.74, 6) is 4.96. The molecule has 4 N–H and O–H groups in total. The number of carbonyl (C=O) groups excluding carboxylic acids is 1. The Morgan fingerprint density at radius 3 is 2.86 bits per heavy atom. The highest BCUT2D eigenvalue weighted by Gasteiger charge is 2.29. The fraction of sp³-hybridized carbons (Fsp3) is 0.562. The number of carbonyl (C=O) groups is 1. The van der Waals surface area contributed by atoms with Gasteiger partial charge in [-0.05, 0) is 37.8 Å². The molecule has 2 atom stereocenters. The third kappa shape index (κ3) is 4.27. The Balaban J connectivity index is 2.06. The zero-order chi connectivity index (χ0) is 15.1. The predicted octanol–water partition coefficient (Wildman–Crippen LogP) is 0.997. The van der Waals surface area contributed by atoms with Crippen LogP contribution in [0.15, 0.2) is 30.3 Å². The average molecular weight is 291 g/mol. The van der Waals surface area contributed by atoms with Crippen LogP contribution in [-0.4, -0.2) is 41.7 Å². The number of likely N-dealkylation sites (tertiary alicyclic amines) is 1. The van der Waals surface area contributed by atoms with E-state index in [9.17, 15) is 4.79 Å². The SMILES string of the molecule is NNC(=O)C(CN1CCCC1CCCO)c1ccccc1. The van der Waals surface area contributed by atoms with Crippen molar-refractivity contribution in [3.8, 4) is 0 Å². The van der Waals surface area contributed by atoms with Crippen LogP contribution in [-0.2, 0) is 4.79 Å². The quantitative estimate of drug-likeness (QED) is 0.398. The number of aliphatic hydroxyl groups is 1. The van der Waals surface area contributed by atoms with Gasteiger partial charge in [-0.2, -0.15) is 0 Å². The van der Waals surface area contributed by atoms with Gasteiger partial charge < -0.3 is 5.11 Å². The van der Waals surface area contributed by atoms with Crippen molar-refractivity contribution in [1.82, 2.24) is 10.3 Å². The normalized spacial score (nSPS) is 20.4. The Kier molecular flexibility index (Phi) is 6.17. The highest BCUT2D eigenvalue weighted by atomic mass is 16.3. The number of aliphatic hydroxyl groups excluding tert-OH is 1. The van der Waals surface area contributed by atoms with Crippen molar-refractivity contribution in [3.05, 3.63) is 35.9 Å². The van der Waals surface area contributed by atoms with E-state index in [1.165, 1.54) is 0 Å². The molecule has 0 aliphatic carbocycles. The maximum Gasteiger partial charge on any atom is 0.242 e. The molecule has 5 nitrogen and oxygen atoms in total. The van der Waals surface area contributed by atoms with Crippen LogP contribution in [0.25, 0.3) is 0 Å². The molecule has 1 amide bonds. The van der Waals surface area contributed by atoms with E-state index >= 15 is 0 Å². The van der Waals surface area contributed by atoms with Crippen LogP contribution in [0.2, 0.25) is 0 Å². The molecule has 1 aliphatic heterocycles. The molecule has 116 valence electrons. The molecule has 1 aliphatic rings. The lowest BCUT2D eigenvalue weighted by molar-refractivity contribution is -0.123. The number of rotatable bonds is 7. The lowest BCUT2D eigenvalue weighted by Crippen LogP contribution is -2.42. The number of amides is 1. The minimum absolute atomic E-state index is 0.144. The average Bonchev–Trinajstić information content (AvgIpc) is 2.97. The van der Waals surface area contributed by atoms with Gasteiger partial charge in [-0.15, -0.1) is 0 Å². The Bertz CT molecular complexity index is 438. The largest absolute Gasteiger partial charge is 0.396 e. The summed E-state index contributed by atoms with van der Waals surface area (Å²) >= 11 is 0. The third-order valence-electron chi connectivity index (χ3n) is 4.27. The molecular formula is C16H25N3O2. The van der Waals surface area contributed by atoms with Crippen LogP contribution in [0.3, 0.4) is 0 Å². The molecule has 0 spiro atoms. The molecule has 1 heterocycles. The first-order valence-corrected chi connectivity index (χ1v) is 7.66. The summed E-state index contributed by atoms with van der Waals surface area (Å²) in [6, 6.07) is 10.2. The summed E-state index contributed by atoms with van der Waals surface area (Å²) in [4.78, 5) is 14.5. The van der Waals surface area contributed by atoms with E-state index in [2.05, 4.69) is 10.3 Å². The highest BCUT2D eigenvalue weighted by molar-refractivity contribution is 5.83. The Morgan fingerprint density at radius 2 is 2.19 bits per heavy atom. The zero-order valence-corrected chi connectivity index (χ0v) is 12.4. The highest BCUT2D eigenvalue weighted by Crippen LogP contribution is 2.26. The topological polar surface area (TPSA) is 78.6 Å². The molecule has 1 aromatic rings. The Labute approximate surface area is 126 Å². The fourth-order valence-corrected chi connectivity index (χ4v) is 3.15. The number of hydrogen-bond donors (Lipinski definition) is 3. The van der Waals surface area contributed by atoms with E-state index < -0.39 is 0 Å².